The highest BCUT2D eigenvalue weighted by molar-refractivity contribution is 7.14. The van der Waals surface area contributed by atoms with E-state index >= 15 is 0 Å². The Kier molecular flexibility index (Phi) is 2.94. The van der Waals surface area contributed by atoms with Crippen LogP contribution in [0.4, 0.5) is 0 Å². The molecule has 0 fully saturated rings. The lowest BCUT2D eigenvalue weighted by Gasteiger charge is -1.82. The largest absolute Gasteiger partial charge is 0.299 e. The van der Waals surface area contributed by atoms with Gasteiger partial charge in [0.2, 0.25) is 0 Å². The van der Waals surface area contributed by atoms with E-state index in [1.54, 1.807) is 12.1 Å². The quantitative estimate of drug-likeness (QED) is 0.406. The molecule has 0 amide bonds. The number of carbonyl (C=O) groups is 2. The lowest BCUT2D eigenvalue weighted by Crippen LogP contribution is -1.83. The molecule has 1 aromatic rings. The number of aldehydes is 1. The Hall–Kier alpha value is -1.22. The number of thiophene rings is 1. The minimum absolute atomic E-state index is 0.0609. The Morgan fingerprint density at radius 3 is 2.75 bits per heavy atom. The number of allylic oxidation sites excluding steroid dienone is 1. The summed E-state index contributed by atoms with van der Waals surface area (Å²) in [4.78, 5) is 22.5. The zero-order valence-corrected chi connectivity index (χ0v) is 7.43. The third-order valence-corrected chi connectivity index (χ3v) is 2.46. The average Bonchev–Trinajstić information content (AvgIpc) is 2.48. The smallest absolute Gasteiger partial charge is 0.169 e. The SMILES string of the molecule is CC(=O)c1ccc(/C=C/C=O)s1. The van der Waals surface area contributed by atoms with Crippen molar-refractivity contribution < 1.29 is 9.59 Å². The van der Waals surface area contributed by atoms with Gasteiger partial charge in [0.1, 0.15) is 6.29 Å². The van der Waals surface area contributed by atoms with E-state index in [9.17, 15) is 9.59 Å². The molecule has 1 aromatic heterocycles. The molecule has 0 aliphatic rings. The van der Waals surface area contributed by atoms with E-state index in [1.807, 2.05) is 6.07 Å². The molecule has 0 saturated heterocycles. The van der Waals surface area contributed by atoms with Crippen LogP contribution in [-0.2, 0) is 4.79 Å². The minimum atomic E-state index is 0.0609. The number of hydrogen-bond acceptors (Lipinski definition) is 3. The van der Waals surface area contributed by atoms with Crippen molar-refractivity contribution in [1.82, 2.24) is 0 Å². The summed E-state index contributed by atoms with van der Waals surface area (Å²) in [5.41, 5.74) is 0. The van der Waals surface area contributed by atoms with Crippen LogP contribution in [0, 0.1) is 0 Å². The monoisotopic (exact) mass is 180 g/mol. The van der Waals surface area contributed by atoms with Crippen molar-refractivity contribution in [3.63, 3.8) is 0 Å². The van der Waals surface area contributed by atoms with Gasteiger partial charge in [-0.2, -0.15) is 0 Å². The summed E-state index contributed by atoms with van der Waals surface area (Å²) in [5.74, 6) is 0.0609. The first-order chi connectivity index (χ1) is 5.74. The maximum Gasteiger partial charge on any atom is 0.169 e. The Labute approximate surface area is 74.5 Å². The highest BCUT2D eigenvalue weighted by Crippen LogP contribution is 2.17. The molecule has 1 rings (SSSR count). The second kappa shape index (κ2) is 3.97. The van der Waals surface area contributed by atoms with Crippen molar-refractivity contribution in [2.75, 3.05) is 0 Å². The van der Waals surface area contributed by atoms with Crippen molar-refractivity contribution in [2.45, 2.75) is 6.92 Å². The molecule has 0 unspecified atom stereocenters. The van der Waals surface area contributed by atoms with Gasteiger partial charge in [-0.15, -0.1) is 11.3 Å². The fourth-order valence-electron chi connectivity index (χ4n) is 0.766. The van der Waals surface area contributed by atoms with Crippen LogP contribution in [0.5, 0.6) is 0 Å². The van der Waals surface area contributed by atoms with E-state index in [2.05, 4.69) is 0 Å². The number of rotatable bonds is 3. The van der Waals surface area contributed by atoms with Gasteiger partial charge >= 0.3 is 0 Å². The molecule has 0 aromatic carbocycles. The topological polar surface area (TPSA) is 34.1 Å². The van der Waals surface area contributed by atoms with Crippen molar-refractivity contribution in [3.05, 3.63) is 28.0 Å². The summed E-state index contributed by atoms with van der Waals surface area (Å²) in [7, 11) is 0. The maximum absolute atomic E-state index is 10.8. The van der Waals surface area contributed by atoms with Crippen molar-refractivity contribution in [3.8, 4) is 0 Å². The molecular weight excluding hydrogens is 172 g/mol. The first-order valence-electron chi connectivity index (χ1n) is 3.46. The van der Waals surface area contributed by atoms with Gasteiger partial charge in [-0.25, -0.2) is 0 Å². The highest BCUT2D eigenvalue weighted by Gasteiger charge is 2.00. The van der Waals surface area contributed by atoms with E-state index in [4.69, 9.17) is 0 Å². The van der Waals surface area contributed by atoms with Gasteiger partial charge in [-0.05, 0) is 31.2 Å². The molecule has 0 radical (unpaired) electrons. The standard InChI is InChI=1S/C9H8O2S/c1-7(11)9-5-4-8(12-9)3-2-6-10/h2-6H,1H3/b3-2+. The molecule has 2 nitrogen and oxygen atoms in total. The second-order valence-corrected chi connectivity index (χ2v) is 3.37. The Balaban J connectivity index is 2.84. The zero-order chi connectivity index (χ0) is 8.97. The Morgan fingerprint density at radius 1 is 1.50 bits per heavy atom. The van der Waals surface area contributed by atoms with Gasteiger partial charge in [0.05, 0.1) is 4.88 Å². The van der Waals surface area contributed by atoms with Crippen LogP contribution < -0.4 is 0 Å². The van der Waals surface area contributed by atoms with Gasteiger partial charge in [0.25, 0.3) is 0 Å². The fourth-order valence-corrected chi connectivity index (χ4v) is 1.58. The zero-order valence-electron chi connectivity index (χ0n) is 6.61. The van der Waals surface area contributed by atoms with E-state index in [1.165, 1.54) is 24.3 Å². The van der Waals surface area contributed by atoms with Gasteiger partial charge in [-0.3, -0.25) is 9.59 Å². The molecule has 0 N–H and O–H groups in total. The van der Waals surface area contributed by atoms with Crippen LogP contribution in [0.2, 0.25) is 0 Å². The van der Waals surface area contributed by atoms with Crippen LogP contribution in [0.15, 0.2) is 18.2 Å². The molecule has 0 atom stereocenters. The van der Waals surface area contributed by atoms with E-state index < -0.39 is 0 Å². The molecule has 0 aliphatic heterocycles. The van der Waals surface area contributed by atoms with E-state index in [0.717, 1.165) is 9.75 Å². The summed E-state index contributed by atoms with van der Waals surface area (Å²) in [6, 6.07) is 3.58. The number of Topliss-reactive ketones (excluding diaryl/α,β-unsaturated/α-hetero) is 1. The minimum Gasteiger partial charge on any atom is -0.299 e. The first-order valence-corrected chi connectivity index (χ1v) is 4.28. The fraction of sp³-hybridized carbons (Fsp3) is 0.111. The van der Waals surface area contributed by atoms with Crippen LogP contribution in [0.25, 0.3) is 6.08 Å². The lowest BCUT2D eigenvalue weighted by molar-refractivity contribution is -0.104. The normalized spacial score (nSPS) is 10.4. The molecule has 0 spiro atoms. The van der Waals surface area contributed by atoms with Crippen molar-refractivity contribution in [2.24, 2.45) is 0 Å². The summed E-state index contributed by atoms with van der Waals surface area (Å²) < 4.78 is 0. The predicted octanol–water partition coefficient (Wildman–Crippen LogP) is 2.16. The maximum atomic E-state index is 10.8. The van der Waals surface area contributed by atoms with Crippen LogP contribution in [-0.4, -0.2) is 12.1 Å². The molecule has 3 heteroatoms. The summed E-state index contributed by atoms with van der Waals surface area (Å²) >= 11 is 1.39. The van der Waals surface area contributed by atoms with Crippen LogP contribution in [0.3, 0.4) is 0 Å². The van der Waals surface area contributed by atoms with Gasteiger partial charge in [0.15, 0.2) is 5.78 Å². The Morgan fingerprint density at radius 2 is 2.25 bits per heavy atom. The predicted molar refractivity (Wildman–Crippen MR) is 49.4 cm³/mol. The van der Waals surface area contributed by atoms with Gasteiger partial charge in [-0.1, -0.05) is 0 Å². The second-order valence-electron chi connectivity index (χ2n) is 2.25. The molecule has 12 heavy (non-hydrogen) atoms. The summed E-state index contributed by atoms with van der Waals surface area (Å²) in [5, 5.41) is 0. The molecule has 0 saturated carbocycles. The number of carbonyl (C=O) groups excluding carboxylic acids is 2. The van der Waals surface area contributed by atoms with Crippen LogP contribution >= 0.6 is 11.3 Å². The molecule has 62 valence electrons. The Bertz CT molecular complexity index is 323. The number of hydrogen-bond donors (Lipinski definition) is 0. The molecular formula is C9H8O2S. The van der Waals surface area contributed by atoms with Crippen LogP contribution in [0.1, 0.15) is 21.5 Å². The van der Waals surface area contributed by atoms with Gasteiger partial charge < -0.3 is 0 Å². The molecule has 0 aliphatic carbocycles. The number of ketones is 1. The summed E-state index contributed by atoms with van der Waals surface area (Å²) in [6.45, 7) is 1.53. The van der Waals surface area contributed by atoms with E-state index in [0.29, 0.717) is 6.29 Å². The third-order valence-electron chi connectivity index (χ3n) is 1.31. The third kappa shape index (κ3) is 2.13. The average molecular weight is 180 g/mol. The lowest BCUT2D eigenvalue weighted by atomic mass is 10.3. The van der Waals surface area contributed by atoms with Crippen molar-refractivity contribution in [1.29, 1.82) is 0 Å². The van der Waals surface area contributed by atoms with E-state index in [-0.39, 0.29) is 5.78 Å². The summed E-state index contributed by atoms with van der Waals surface area (Å²) in [6.07, 6.45) is 3.81. The molecule has 0 bridgehead atoms. The van der Waals surface area contributed by atoms with Gasteiger partial charge in [0, 0.05) is 4.88 Å². The first kappa shape index (κ1) is 8.87. The molecule has 1 heterocycles. The highest BCUT2D eigenvalue weighted by atomic mass is 32.1. The van der Waals surface area contributed by atoms with Crippen molar-refractivity contribution >= 4 is 29.5 Å².